The Balaban J connectivity index is 1.84. The van der Waals surface area contributed by atoms with E-state index in [2.05, 4.69) is 27.1 Å². The van der Waals surface area contributed by atoms with E-state index in [1.54, 1.807) is 12.3 Å². The van der Waals surface area contributed by atoms with Gasteiger partial charge in [-0.3, -0.25) is 0 Å². The van der Waals surface area contributed by atoms with Gasteiger partial charge in [-0.1, -0.05) is 18.2 Å². The van der Waals surface area contributed by atoms with Crippen LogP contribution in [0.1, 0.15) is 5.56 Å². The van der Waals surface area contributed by atoms with E-state index in [4.69, 9.17) is 0 Å². The second-order valence-corrected chi connectivity index (χ2v) is 5.56. The maximum atomic E-state index is 13.0. The van der Waals surface area contributed by atoms with Gasteiger partial charge in [0.1, 0.15) is 5.82 Å². The van der Waals surface area contributed by atoms with Crippen molar-refractivity contribution in [2.75, 3.05) is 0 Å². The van der Waals surface area contributed by atoms with Crippen LogP contribution < -0.4 is 0 Å². The van der Waals surface area contributed by atoms with E-state index in [1.165, 1.54) is 6.07 Å². The van der Waals surface area contributed by atoms with Crippen molar-refractivity contribution in [1.29, 1.82) is 0 Å². The maximum Gasteiger partial charge on any atom is 0.212 e. The van der Waals surface area contributed by atoms with E-state index in [-0.39, 0.29) is 0 Å². The number of aryl methyl sites for hydroxylation is 1. The summed E-state index contributed by atoms with van der Waals surface area (Å²) >= 11 is 0. The standard InChI is InChI=1S/C19H14FN3/c1-12-8-14(13-6-7-18(20)21-11-13)10-15(9-12)19-22-16-4-2-3-5-17(16)23-19/h2-11H,1H3,(H,22,23). The molecule has 4 rings (SSSR count). The fourth-order valence-corrected chi connectivity index (χ4v) is 2.72. The van der Waals surface area contributed by atoms with E-state index in [9.17, 15) is 4.39 Å². The Morgan fingerprint density at radius 1 is 0.913 bits per heavy atom. The normalized spacial score (nSPS) is 11.0. The molecule has 0 aliphatic heterocycles. The summed E-state index contributed by atoms with van der Waals surface area (Å²) in [5.41, 5.74) is 5.94. The summed E-state index contributed by atoms with van der Waals surface area (Å²) in [6.07, 6.45) is 1.55. The van der Waals surface area contributed by atoms with Crippen LogP contribution in [0.25, 0.3) is 33.5 Å². The minimum atomic E-state index is -0.473. The highest BCUT2D eigenvalue weighted by atomic mass is 19.1. The largest absolute Gasteiger partial charge is 0.338 e. The molecule has 0 atom stereocenters. The summed E-state index contributed by atoms with van der Waals surface area (Å²) in [5, 5.41) is 0. The molecule has 0 aliphatic rings. The third-order valence-electron chi connectivity index (χ3n) is 3.80. The molecule has 23 heavy (non-hydrogen) atoms. The van der Waals surface area contributed by atoms with E-state index >= 15 is 0 Å². The molecule has 1 N–H and O–H groups in total. The third kappa shape index (κ3) is 2.59. The van der Waals surface area contributed by atoms with E-state index in [0.717, 1.165) is 39.1 Å². The molecule has 0 spiro atoms. The summed E-state index contributed by atoms with van der Waals surface area (Å²) in [4.78, 5) is 11.7. The third-order valence-corrected chi connectivity index (χ3v) is 3.80. The molecule has 0 unspecified atom stereocenters. The second-order valence-electron chi connectivity index (χ2n) is 5.56. The first-order valence-corrected chi connectivity index (χ1v) is 7.38. The highest BCUT2D eigenvalue weighted by Gasteiger charge is 2.08. The molecule has 0 saturated carbocycles. The first kappa shape index (κ1) is 13.6. The van der Waals surface area contributed by atoms with Crippen molar-refractivity contribution >= 4 is 11.0 Å². The summed E-state index contributed by atoms with van der Waals surface area (Å²) in [6, 6.07) is 17.2. The van der Waals surface area contributed by atoms with Gasteiger partial charge in [-0.25, -0.2) is 9.97 Å². The predicted molar refractivity (Wildman–Crippen MR) is 89.5 cm³/mol. The van der Waals surface area contributed by atoms with Gasteiger partial charge in [-0.15, -0.1) is 0 Å². The molecular weight excluding hydrogens is 289 g/mol. The topological polar surface area (TPSA) is 41.6 Å². The van der Waals surface area contributed by atoms with Gasteiger partial charge in [0.05, 0.1) is 11.0 Å². The van der Waals surface area contributed by atoms with Gasteiger partial charge in [0.25, 0.3) is 0 Å². The Hall–Kier alpha value is -3.01. The highest BCUT2D eigenvalue weighted by Crippen LogP contribution is 2.27. The molecule has 0 amide bonds. The average molecular weight is 303 g/mol. The monoisotopic (exact) mass is 303 g/mol. The first-order chi connectivity index (χ1) is 11.2. The first-order valence-electron chi connectivity index (χ1n) is 7.38. The van der Waals surface area contributed by atoms with Crippen molar-refractivity contribution < 1.29 is 4.39 Å². The number of aromatic nitrogens is 3. The molecule has 4 heteroatoms. The van der Waals surface area contributed by atoms with Gasteiger partial charge >= 0.3 is 0 Å². The Bertz CT molecular complexity index is 954. The number of imidazole rings is 1. The summed E-state index contributed by atoms with van der Waals surface area (Å²) in [5.74, 6) is 0.352. The SMILES string of the molecule is Cc1cc(-c2ccc(F)nc2)cc(-c2nc3ccccc3[nH]2)c1. The van der Waals surface area contributed by atoms with Crippen molar-refractivity contribution in [3.05, 3.63) is 72.3 Å². The lowest BCUT2D eigenvalue weighted by Crippen LogP contribution is -1.88. The minimum absolute atomic E-state index is 0.473. The molecule has 2 heterocycles. The number of aromatic amines is 1. The van der Waals surface area contributed by atoms with Gasteiger partial charge in [-0.05, 0) is 54.4 Å². The van der Waals surface area contributed by atoms with Crippen LogP contribution in [0.4, 0.5) is 4.39 Å². The number of hydrogen-bond donors (Lipinski definition) is 1. The molecule has 0 aliphatic carbocycles. The lowest BCUT2D eigenvalue weighted by atomic mass is 10.0. The number of nitrogens with zero attached hydrogens (tertiary/aromatic N) is 2. The van der Waals surface area contributed by atoms with E-state index < -0.39 is 5.95 Å². The molecule has 2 aromatic carbocycles. The molecule has 0 saturated heterocycles. The number of pyridine rings is 1. The van der Waals surface area contributed by atoms with E-state index in [1.807, 2.05) is 37.3 Å². The zero-order valence-corrected chi connectivity index (χ0v) is 12.5. The second kappa shape index (κ2) is 5.32. The van der Waals surface area contributed by atoms with Crippen LogP contribution in [0.5, 0.6) is 0 Å². The van der Waals surface area contributed by atoms with Crippen LogP contribution in [0.15, 0.2) is 60.8 Å². The molecule has 4 aromatic rings. The number of fused-ring (bicyclic) bond motifs is 1. The van der Waals surface area contributed by atoms with Crippen molar-refractivity contribution in [2.45, 2.75) is 6.92 Å². The number of nitrogens with one attached hydrogen (secondary N) is 1. The van der Waals surface area contributed by atoms with Crippen LogP contribution in [-0.4, -0.2) is 15.0 Å². The van der Waals surface area contributed by atoms with Gasteiger partial charge in [-0.2, -0.15) is 4.39 Å². The quantitative estimate of drug-likeness (QED) is 0.543. The van der Waals surface area contributed by atoms with Gasteiger partial charge in [0, 0.05) is 17.3 Å². The number of benzene rings is 2. The van der Waals surface area contributed by atoms with Gasteiger partial charge < -0.3 is 4.98 Å². The molecule has 0 radical (unpaired) electrons. The Kier molecular flexibility index (Phi) is 3.15. The zero-order chi connectivity index (χ0) is 15.8. The summed E-state index contributed by atoms with van der Waals surface area (Å²) < 4.78 is 13.0. The Morgan fingerprint density at radius 2 is 1.74 bits per heavy atom. The fraction of sp³-hybridized carbons (Fsp3) is 0.0526. The van der Waals surface area contributed by atoms with Crippen LogP contribution in [-0.2, 0) is 0 Å². The number of rotatable bonds is 2. The molecule has 3 nitrogen and oxygen atoms in total. The Labute approximate surface area is 132 Å². The molecule has 0 fully saturated rings. The average Bonchev–Trinajstić information content (AvgIpc) is 2.99. The van der Waals surface area contributed by atoms with Gasteiger partial charge in [0.2, 0.25) is 5.95 Å². The summed E-state index contributed by atoms with van der Waals surface area (Å²) in [7, 11) is 0. The van der Waals surface area contributed by atoms with Crippen molar-refractivity contribution in [1.82, 2.24) is 15.0 Å². The van der Waals surface area contributed by atoms with Crippen molar-refractivity contribution in [3.8, 4) is 22.5 Å². The smallest absolute Gasteiger partial charge is 0.212 e. The van der Waals surface area contributed by atoms with Crippen LogP contribution in [0, 0.1) is 12.9 Å². The molecule has 2 aromatic heterocycles. The van der Waals surface area contributed by atoms with Crippen LogP contribution >= 0.6 is 0 Å². The number of para-hydroxylation sites is 2. The summed E-state index contributed by atoms with van der Waals surface area (Å²) in [6.45, 7) is 2.03. The van der Waals surface area contributed by atoms with Crippen molar-refractivity contribution in [2.24, 2.45) is 0 Å². The lowest BCUT2D eigenvalue weighted by Gasteiger charge is -2.06. The maximum absolute atomic E-state index is 13.0. The lowest BCUT2D eigenvalue weighted by molar-refractivity contribution is 0.584. The zero-order valence-electron chi connectivity index (χ0n) is 12.5. The van der Waals surface area contributed by atoms with Crippen molar-refractivity contribution in [3.63, 3.8) is 0 Å². The number of H-pyrrole nitrogens is 1. The Morgan fingerprint density at radius 3 is 2.52 bits per heavy atom. The fourth-order valence-electron chi connectivity index (χ4n) is 2.72. The minimum Gasteiger partial charge on any atom is -0.338 e. The van der Waals surface area contributed by atoms with E-state index in [0.29, 0.717) is 0 Å². The van der Waals surface area contributed by atoms with Crippen LogP contribution in [0.3, 0.4) is 0 Å². The molecule has 112 valence electrons. The molecular formula is C19H14FN3. The predicted octanol–water partition coefficient (Wildman–Crippen LogP) is 4.74. The van der Waals surface area contributed by atoms with Crippen LogP contribution in [0.2, 0.25) is 0 Å². The molecule has 0 bridgehead atoms. The van der Waals surface area contributed by atoms with Gasteiger partial charge in [0.15, 0.2) is 0 Å². The number of halogens is 1. The highest BCUT2D eigenvalue weighted by molar-refractivity contribution is 5.80. The number of hydrogen-bond acceptors (Lipinski definition) is 2.